The molecule has 1 N–H and O–H groups in total. The summed E-state index contributed by atoms with van der Waals surface area (Å²) in [4.78, 5) is 40.2. The van der Waals surface area contributed by atoms with Gasteiger partial charge in [-0.1, -0.05) is 31.9 Å². The molecule has 1 aliphatic carbocycles. The predicted octanol–water partition coefficient (Wildman–Crippen LogP) is 1.91. The summed E-state index contributed by atoms with van der Waals surface area (Å²) in [5, 5.41) is 2.87. The quantitative estimate of drug-likeness (QED) is 0.621. The number of urea groups is 1. The largest absolute Gasteiger partial charge is 0.337 e. The Morgan fingerprint density at radius 2 is 2.13 bits per heavy atom. The average molecular weight is 321 g/mol. The van der Waals surface area contributed by atoms with Crippen LogP contribution in [0.3, 0.4) is 0 Å². The van der Waals surface area contributed by atoms with Crippen molar-refractivity contribution < 1.29 is 14.4 Å². The third-order valence-electron chi connectivity index (χ3n) is 4.99. The van der Waals surface area contributed by atoms with Gasteiger partial charge >= 0.3 is 6.03 Å². The van der Waals surface area contributed by atoms with Gasteiger partial charge in [-0.3, -0.25) is 14.5 Å². The summed E-state index contributed by atoms with van der Waals surface area (Å²) >= 11 is 0. The van der Waals surface area contributed by atoms with Crippen molar-refractivity contribution in [3.63, 3.8) is 0 Å². The molecule has 0 bridgehead atoms. The number of carbonyl (C=O) groups excluding carboxylic acids is 3. The number of likely N-dealkylation sites (N-methyl/N-ethyl adjacent to an activating group) is 1. The van der Waals surface area contributed by atoms with Crippen molar-refractivity contribution in [1.82, 2.24) is 15.1 Å². The smallest absolute Gasteiger partial charge is 0.325 e. The lowest BCUT2D eigenvalue weighted by Gasteiger charge is -2.36. The highest BCUT2D eigenvalue weighted by Gasteiger charge is 2.55. The molecule has 2 atom stereocenters. The van der Waals surface area contributed by atoms with Gasteiger partial charge in [0, 0.05) is 13.1 Å². The maximum Gasteiger partial charge on any atom is 0.325 e. The lowest BCUT2D eigenvalue weighted by molar-refractivity contribution is -0.140. The molecular weight excluding hydrogens is 294 g/mol. The number of imide groups is 1. The second-order valence-electron chi connectivity index (χ2n) is 6.80. The molecule has 2 fully saturated rings. The molecule has 1 saturated carbocycles. The van der Waals surface area contributed by atoms with Crippen molar-refractivity contribution in [2.45, 2.75) is 52.0 Å². The lowest BCUT2D eigenvalue weighted by atomic mass is 9.73. The van der Waals surface area contributed by atoms with Crippen LogP contribution < -0.4 is 5.32 Å². The minimum absolute atomic E-state index is 0.102. The Bertz CT molecular complexity index is 531. The van der Waals surface area contributed by atoms with E-state index in [1.807, 2.05) is 20.8 Å². The van der Waals surface area contributed by atoms with E-state index in [1.165, 1.54) is 0 Å². The zero-order valence-corrected chi connectivity index (χ0v) is 14.4. The fraction of sp³-hybridized carbons (Fsp3) is 0.706. The van der Waals surface area contributed by atoms with Crippen molar-refractivity contribution in [3.8, 4) is 0 Å². The molecule has 2 rings (SSSR count). The summed E-state index contributed by atoms with van der Waals surface area (Å²) in [5.74, 6) is -0.362. The van der Waals surface area contributed by atoms with Crippen molar-refractivity contribution in [1.29, 1.82) is 0 Å². The Morgan fingerprint density at radius 1 is 1.43 bits per heavy atom. The van der Waals surface area contributed by atoms with E-state index in [1.54, 1.807) is 4.90 Å². The third-order valence-corrected chi connectivity index (χ3v) is 4.99. The van der Waals surface area contributed by atoms with Crippen LogP contribution in [0, 0.1) is 5.92 Å². The second-order valence-corrected chi connectivity index (χ2v) is 6.80. The van der Waals surface area contributed by atoms with Gasteiger partial charge in [-0.25, -0.2) is 4.79 Å². The molecule has 0 radical (unpaired) electrons. The van der Waals surface area contributed by atoms with Gasteiger partial charge in [0.2, 0.25) is 5.91 Å². The molecule has 0 unspecified atom stereocenters. The van der Waals surface area contributed by atoms with E-state index in [-0.39, 0.29) is 24.3 Å². The Labute approximate surface area is 137 Å². The molecule has 4 amide bonds. The second kappa shape index (κ2) is 6.72. The molecule has 1 heterocycles. The van der Waals surface area contributed by atoms with E-state index in [0.717, 1.165) is 29.7 Å². The predicted molar refractivity (Wildman–Crippen MR) is 87.7 cm³/mol. The van der Waals surface area contributed by atoms with E-state index in [9.17, 15) is 14.4 Å². The summed E-state index contributed by atoms with van der Waals surface area (Å²) < 4.78 is 0. The molecule has 0 aromatic rings. The van der Waals surface area contributed by atoms with Crippen LogP contribution in [0.15, 0.2) is 12.2 Å². The first kappa shape index (κ1) is 17.5. The van der Waals surface area contributed by atoms with Crippen LogP contribution >= 0.6 is 0 Å². The molecule has 2 aliphatic rings. The van der Waals surface area contributed by atoms with E-state index < -0.39 is 11.6 Å². The van der Waals surface area contributed by atoms with Crippen molar-refractivity contribution in [3.05, 3.63) is 12.2 Å². The van der Waals surface area contributed by atoms with Gasteiger partial charge in [0.1, 0.15) is 12.1 Å². The van der Waals surface area contributed by atoms with E-state index in [0.29, 0.717) is 19.5 Å². The molecule has 1 spiro atoms. The summed E-state index contributed by atoms with van der Waals surface area (Å²) in [7, 11) is 0. The van der Waals surface area contributed by atoms with Crippen LogP contribution in [-0.2, 0) is 9.59 Å². The number of carbonyl (C=O) groups is 3. The zero-order valence-electron chi connectivity index (χ0n) is 14.4. The highest BCUT2D eigenvalue weighted by atomic mass is 16.2. The minimum atomic E-state index is -0.805. The number of hydrogen-bond acceptors (Lipinski definition) is 3. The lowest BCUT2D eigenvalue weighted by Crippen LogP contribution is -2.54. The Hall–Kier alpha value is -1.85. The number of nitrogens with one attached hydrogen (secondary N) is 1. The molecule has 1 saturated heterocycles. The summed E-state index contributed by atoms with van der Waals surface area (Å²) in [6, 6.07) is -0.441. The maximum atomic E-state index is 12.8. The first-order chi connectivity index (χ1) is 10.8. The summed E-state index contributed by atoms with van der Waals surface area (Å²) in [6.45, 7) is 10.3. The molecule has 23 heavy (non-hydrogen) atoms. The van der Waals surface area contributed by atoms with Crippen LogP contribution in [-0.4, -0.2) is 52.8 Å². The summed E-state index contributed by atoms with van der Waals surface area (Å²) in [5.41, 5.74) is 0.0656. The van der Waals surface area contributed by atoms with Gasteiger partial charge < -0.3 is 10.2 Å². The molecule has 6 nitrogen and oxygen atoms in total. The Kier molecular flexibility index (Phi) is 5.12. The van der Waals surface area contributed by atoms with Gasteiger partial charge in [-0.2, -0.15) is 0 Å². The van der Waals surface area contributed by atoms with Gasteiger partial charge in [0.15, 0.2) is 0 Å². The van der Waals surface area contributed by atoms with Crippen LogP contribution in [0.25, 0.3) is 0 Å². The molecule has 6 heteroatoms. The average Bonchev–Trinajstić information content (AvgIpc) is 2.73. The standard InChI is InChI=1S/C17H27N3O3/c1-5-19(10-12(2)3)14(21)11-20-15(22)17(18-16(20)23)9-7-6-8-13(17)4/h13H,2,5-11H2,1,3-4H3,(H,18,23)/t13-,17+/m0/s1. The summed E-state index contributed by atoms with van der Waals surface area (Å²) in [6.07, 6.45) is 3.58. The molecule has 1 aliphatic heterocycles. The van der Waals surface area contributed by atoms with E-state index >= 15 is 0 Å². The Balaban J connectivity index is 2.11. The molecular formula is C17H27N3O3. The Morgan fingerprint density at radius 3 is 2.70 bits per heavy atom. The number of rotatable bonds is 5. The van der Waals surface area contributed by atoms with Gasteiger partial charge in [-0.05, 0) is 32.6 Å². The third kappa shape index (κ3) is 3.26. The molecule has 0 aromatic carbocycles. The van der Waals surface area contributed by atoms with Crippen LogP contribution in [0.4, 0.5) is 4.79 Å². The van der Waals surface area contributed by atoms with Gasteiger partial charge in [-0.15, -0.1) is 0 Å². The minimum Gasteiger partial charge on any atom is -0.337 e. The van der Waals surface area contributed by atoms with Crippen LogP contribution in [0.5, 0.6) is 0 Å². The molecule has 128 valence electrons. The normalized spacial score (nSPS) is 27.3. The zero-order chi connectivity index (χ0) is 17.2. The fourth-order valence-electron chi connectivity index (χ4n) is 3.58. The van der Waals surface area contributed by atoms with Crippen molar-refractivity contribution in [2.24, 2.45) is 5.92 Å². The van der Waals surface area contributed by atoms with Crippen molar-refractivity contribution >= 4 is 17.8 Å². The van der Waals surface area contributed by atoms with E-state index in [2.05, 4.69) is 11.9 Å². The van der Waals surface area contributed by atoms with Gasteiger partial charge in [0.05, 0.1) is 0 Å². The first-order valence-corrected chi connectivity index (χ1v) is 8.38. The van der Waals surface area contributed by atoms with E-state index in [4.69, 9.17) is 0 Å². The highest BCUT2D eigenvalue weighted by Crippen LogP contribution is 2.38. The maximum absolute atomic E-state index is 12.8. The number of hydrogen-bond donors (Lipinski definition) is 1. The van der Waals surface area contributed by atoms with Gasteiger partial charge in [0.25, 0.3) is 5.91 Å². The highest BCUT2D eigenvalue weighted by molar-refractivity contribution is 6.09. The monoisotopic (exact) mass is 321 g/mol. The van der Waals surface area contributed by atoms with Crippen LogP contribution in [0.2, 0.25) is 0 Å². The van der Waals surface area contributed by atoms with Crippen molar-refractivity contribution in [2.75, 3.05) is 19.6 Å². The SMILES string of the molecule is C=C(C)CN(CC)C(=O)CN1C(=O)N[C@@]2(CCCC[C@@H]2C)C1=O. The van der Waals surface area contributed by atoms with Crippen LogP contribution in [0.1, 0.15) is 46.5 Å². The first-order valence-electron chi connectivity index (χ1n) is 8.38. The number of amides is 4. The number of nitrogens with zero attached hydrogens (tertiary/aromatic N) is 2. The topological polar surface area (TPSA) is 69.7 Å². The molecule has 0 aromatic heterocycles. The fourth-order valence-corrected chi connectivity index (χ4v) is 3.58.